The smallest absolute Gasteiger partial charge is 0.243 e. The number of morpholine rings is 1. The predicted octanol–water partition coefficient (Wildman–Crippen LogP) is 0.838. The Hall–Kier alpha value is -1.88. The summed E-state index contributed by atoms with van der Waals surface area (Å²) in [6, 6.07) is 3.90. The summed E-state index contributed by atoms with van der Waals surface area (Å²) >= 11 is 0. The van der Waals surface area contributed by atoms with Gasteiger partial charge in [0.25, 0.3) is 0 Å². The molecule has 1 N–H and O–H groups in total. The van der Waals surface area contributed by atoms with Crippen molar-refractivity contribution in [3.05, 3.63) is 18.2 Å². The molecule has 9 nitrogen and oxygen atoms in total. The fraction of sp³-hybridized carbons (Fsp3) is 0.667. The second-order valence-corrected chi connectivity index (χ2v) is 10.6. The predicted molar refractivity (Wildman–Crippen MR) is 114 cm³/mol. The van der Waals surface area contributed by atoms with Crippen LogP contribution < -0.4 is 14.8 Å². The molecular formula is C21H31N3O6S. The molecule has 0 bridgehead atoms. The molecule has 172 valence electrons. The van der Waals surface area contributed by atoms with Gasteiger partial charge in [-0.15, -0.1) is 0 Å². The molecule has 1 atom stereocenters. The van der Waals surface area contributed by atoms with Crippen LogP contribution in [0, 0.1) is 0 Å². The van der Waals surface area contributed by atoms with Gasteiger partial charge in [0, 0.05) is 37.8 Å². The molecular weight excluding hydrogens is 422 g/mol. The molecule has 3 heterocycles. The molecule has 3 aliphatic rings. The van der Waals surface area contributed by atoms with Crippen LogP contribution in [-0.4, -0.2) is 87.7 Å². The Morgan fingerprint density at radius 2 is 1.81 bits per heavy atom. The number of hydrogen-bond acceptors (Lipinski definition) is 7. The van der Waals surface area contributed by atoms with E-state index in [1.165, 1.54) is 16.4 Å². The Balaban J connectivity index is 1.44. The first-order chi connectivity index (χ1) is 14.8. The molecule has 0 spiro atoms. The number of sulfonamides is 1. The van der Waals surface area contributed by atoms with E-state index in [1.807, 2.05) is 0 Å². The third-order valence-electron chi connectivity index (χ3n) is 6.19. The van der Waals surface area contributed by atoms with Gasteiger partial charge in [0.05, 0.1) is 18.1 Å². The molecule has 0 aromatic heterocycles. The highest BCUT2D eigenvalue weighted by atomic mass is 32.2. The summed E-state index contributed by atoms with van der Waals surface area (Å²) in [6.45, 7) is 8.74. The fourth-order valence-corrected chi connectivity index (χ4v) is 5.98. The van der Waals surface area contributed by atoms with E-state index in [9.17, 15) is 13.2 Å². The number of amides is 1. The normalized spacial score (nSPS) is 23.0. The summed E-state index contributed by atoms with van der Waals surface area (Å²) in [5.41, 5.74) is -0.239. The van der Waals surface area contributed by atoms with E-state index in [4.69, 9.17) is 14.2 Å². The highest BCUT2D eigenvalue weighted by molar-refractivity contribution is 7.89. The Bertz CT molecular complexity index is 914. The van der Waals surface area contributed by atoms with Gasteiger partial charge in [-0.05, 0) is 38.8 Å². The minimum atomic E-state index is -3.83. The lowest BCUT2D eigenvalue weighted by Gasteiger charge is -2.41. The van der Waals surface area contributed by atoms with E-state index in [1.54, 1.807) is 6.07 Å². The van der Waals surface area contributed by atoms with Crippen LogP contribution >= 0.6 is 0 Å². The number of hydrogen-bond donors (Lipinski definition) is 1. The zero-order chi connectivity index (χ0) is 22.1. The van der Waals surface area contributed by atoms with Gasteiger partial charge in [-0.25, -0.2) is 8.42 Å². The molecule has 3 aliphatic heterocycles. The second-order valence-electron chi connectivity index (χ2n) is 8.71. The van der Waals surface area contributed by atoms with Gasteiger partial charge in [0.15, 0.2) is 11.5 Å². The van der Waals surface area contributed by atoms with E-state index < -0.39 is 16.1 Å². The van der Waals surface area contributed by atoms with Crippen molar-refractivity contribution >= 4 is 15.9 Å². The van der Waals surface area contributed by atoms with E-state index in [2.05, 4.69) is 24.1 Å². The monoisotopic (exact) mass is 453 g/mol. The van der Waals surface area contributed by atoms with Crippen LogP contribution in [0.15, 0.2) is 23.1 Å². The molecule has 2 saturated heterocycles. The zero-order valence-corrected chi connectivity index (χ0v) is 18.9. The van der Waals surface area contributed by atoms with Gasteiger partial charge in [-0.1, -0.05) is 0 Å². The fourth-order valence-electron chi connectivity index (χ4n) is 4.31. The van der Waals surface area contributed by atoms with Crippen LogP contribution in [0.5, 0.6) is 11.5 Å². The molecule has 10 heteroatoms. The third kappa shape index (κ3) is 4.67. The number of nitrogens with zero attached hydrogens (tertiary/aromatic N) is 2. The van der Waals surface area contributed by atoms with Crippen molar-refractivity contribution in [3.8, 4) is 11.5 Å². The largest absolute Gasteiger partial charge is 0.486 e. The zero-order valence-electron chi connectivity index (χ0n) is 18.1. The van der Waals surface area contributed by atoms with Gasteiger partial charge < -0.3 is 19.5 Å². The van der Waals surface area contributed by atoms with Crippen molar-refractivity contribution < 1.29 is 27.4 Å². The molecule has 4 rings (SSSR count). The Labute approximate surface area is 183 Å². The molecule has 0 saturated carbocycles. The lowest BCUT2D eigenvalue weighted by Crippen LogP contribution is -2.57. The second kappa shape index (κ2) is 8.93. The van der Waals surface area contributed by atoms with Crippen molar-refractivity contribution in [1.82, 2.24) is 14.5 Å². The average molecular weight is 454 g/mol. The third-order valence-corrected chi connectivity index (χ3v) is 8.09. The summed E-state index contributed by atoms with van der Waals surface area (Å²) in [6.07, 6.45) is 1.16. The minimum absolute atomic E-state index is 0.116. The van der Waals surface area contributed by atoms with E-state index >= 15 is 0 Å². The Morgan fingerprint density at radius 1 is 1.10 bits per heavy atom. The van der Waals surface area contributed by atoms with Gasteiger partial charge in [-0.3, -0.25) is 9.69 Å². The van der Waals surface area contributed by atoms with E-state index in [0.717, 1.165) is 13.1 Å². The van der Waals surface area contributed by atoms with E-state index in [0.29, 0.717) is 63.9 Å². The number of fused-ring (bicyclic) bond motifs is 1. The van der Waals surface area contributed by atoms with Crippen molar-refractivity contribution in [1.29, 1.82) is 0 Å². The summed E-state index contributed by atoms with van der Waals surface area (Å²) in [7, 11) is -3.83. The summed E-state index contributed by atoms with van der Waals surface area (Å²) in [4.78, 5) is 15.4. The Morgan fingerprint density at radius 3 is 2.55 bits per heavy atom. The molecule has 1 aromatic carbocycles. The maximum atomic E-state index is 13.3. The van der Waals surface area contributed by atoms with Crippen LogP contribution in [0.4, 0.5) is 0 Å². The molecule has 0 unspecified atom stereocenters. The molecule has 0 radical (unpaired) electrons. The van der Waals surface area contributed by atoms with Gasteiger partial charge in [0.2, 0.25) is 15.9 Å². The standard InChI is InChI=1S/C21H31N3O6S/c1-21(2,23-8-10-28-11-9-23)15-22-20(25)17-4-3-7-24(17)31(26,27)16-5-6-18-19(14-16)30-13-12-29-18/h5-6,14,17H,3-4,7-13,15H2,1-2H3,(H,22,25)/t17-/m0/s1. The topological polar surface area (TPSA) is 97.4 Å². The number of nitrogens with one attached hydrogen (secondary N) is 1. The molecule has 2 fully saturated rings. The number of benzene rings is 1. The number of carbonyl (C=O) groups excluding carboxylic acids is 1. The first-order valence-electron chi connectivity index (χ1n) is 10.8. The maximum absolute atomic E-state index is 13.3. The SMILES string of the molecule is CC(C)(CNC(=O)[C@@H]1CCCN1S(=O)(=O)c1ccc2c(c1)OCCO2)N1CCOCC1. The van der Waals surface area contributed by atoms with Crippen molar-refractivity contribution in [2.45, 2.75) is 43.2 Å². The lowest BCUT2D eigenvalue weighted by molar-refractivity contribution is -0.125. The van der Waals surface area contributed by atoms with Gasteiger partial charge >= 0.3 is 0 Å². The highest BCUT2D eigenvalue weighted by Crippen LogP contribution is 2.34. The van der Waals surface area contributed by atoms with E-state index in [-0.39, 0.29) is 16.3 Å². The highest BCUT2D eigenvalue weighted by Gasteiger charge is 2.40. The van der Waals surface area contributed by atoms with Crippen LogP contribution in [0.3, 0.4) is 0 Å². The molecule has 1 aromatic rings. The lowest BCUT2D eigenvalue weighted by atomic mass is 10.0. The average Bonchev–Trinajstić information content (AvgIpc) is 3.29. The summed E-state index contributed by atoms with van der Waals surface area (Å²) in [5, 5.41) is 2.99. The number of carbonyl (C=O) groups is 1. The van der Waals surface area contributed by atoms with Crippen molar-refractivity contribution in [2.75, 3.05) is 52.6 Å². The van der Waals surface area contributed by atoms with Crippen LogP contribution in [0.25, 0.3) is 0 Å². The Kier molecular flexibility index (Phi) is 6.43. The maximum Gasteiger partial charge on any atom is 0.243 e. The minimum Gasteiger partial charge on any atom is -0.486 e. The molecule has 0 aliphatic carbocycles. The number of rotatable bonds is 6. The quantitative estimate of drug-likeness (QED) is 0.682. The van der Waals surface area contributed by atoms with Crippen LogP contribution in [0.2, 0.25) is 0 Å². The van der Waals surface area contributed by atoms with Crippen molar-refractivity contribution in [3.63, 3.8) is 0 Å². The number of ether oxygens (including phenoxy) is 3. The molecule has 1 amide bonds. The summed E-state index contributed by atoms with van der Waals surface area (Å²) in [5.74, 6) is 0.700. The van der Waals surface area contributed by atoms with Gasteiger partial charge in [-0.2, -0.15) is 4.31 Å². The summed E-state index contributed by atoms with van der Waals surface area (Å²) < 4.78 is 44.4. The first kappa shape index (κ1) is 22.3. The van der Waals surface area contributed by atoms with Gasteiger partial charge in [0.1, 0.15) is 19.3 Å². The first-order valence-corrected chi connectivity index (χ1v) is 12.2. The van der Waals surface area contributed by atoms with Crippen molar-refractivity contribution in [2.24, 2.45) is 0 Å². The van der Waals surface area contributed by atoms with Crippen LogP contribution in [-0.2, 0) is 19.6 Å². The molecule has 31 heavy (non-hydrogen) atoms. The van der Waals surface area contributed by atoms with Crippen LogP contribution in [0.1, 0.15) is 26.7 Å².